The van der Waals surface area contributed by atoms with Crippen LogP contribution in [0.25, 0.3) is 32.2 Å². The molecule has 10 nitrogen and oxygen atoms in total. The van der Waals surface area contributed by atoms with E-state index in [1.54, 1.807) is 16.9 Å². The molecule has 0 saturated heterocycles. The molecule has 2 atom stereocenters. The van der Waals surface area contributed by atoms with Crippen LogP contribution in [0.1, 0.15) is 47.4 Å². The first-order valence-electron chi connectivity index (χ1n) is 14.5. The van der Waals surface area contributed by atoms with Gasteiger partial charge in [0.1, 0.15) is 40.5 Å². The van der Waals surface area contributed by atoms with Crippen molar-refractivity contribution in [2.24, 2.45) is 5.73 Å². The van der Waals surface area contributed by atoms with Crippen LogP contribution in [0.2, 0.25) is 0 Å². The summed E-state index contributed by atoms with van der Waals surface area (Å²) >= 11 is 1.01. The van der Waals surface area contributed by atoms with Crippen molar-refractivity contribution in [3.05, 3.63) is 70.6 Å². The van der Waals surface area contributed by atoms with E-state index in [-0.39, 0.29) is 51.2 Å². The number of carbonyl (C=O) groups excluding carboxylic acids is 2. The first-order chi connectivity index (χ1) is 22.2. The number of alkyl halides is 3. The Hall–Kier alpha value is -4.76. The molecule has 5 aromatic rings. The Morgan fingerprint density at radius 1 is 1.26 bits per heavy atom. The minimum Gasteiger partial charge on any atom is -0.494 e. The molecule has 1 fully saturated rings. The van der Waals surface area contributed by atoms with Crippen molar-refractivity contribution < 1.29 is 41.7 Å². The fourth-order valence-corrected chi connectivity index (χ4v) is 6.73. The highest BCUT2D eigenvalue weighted by atomic mass is 32.1. The van der Waals surface area contributed by atoms with Crippen molar-refractivity contribution in [3.8, 4) is 22.8 Å². The molecule has 4 heterocycles. The van der Waals surface area contributed by atoms with Crippen molar-refractivity contribution in [1.82, 2.24) is 20.1 Å². The zero-order valence-electron chi connectivity index (χ0n) is 24.9. The normalized spacial score (nSPS) is 19.0. The number of carbonyl (C=O) groups is 2. The van der Waals surface area contributed by atoms with Crippen molar-refractivity contribution in [3.63, 3.8) is 0 Å². The second kappa shape index (κ2) is 10.6. The fraction of sp³-hybridized carbons (Fsp3) is 0.312. The van der Waals surface area contributed by atoms with E-state index in [2.05, 4.69) is 15.4 Å². The lowest BCUT2D eigenvalue weighted by atomic mass is 9.81. The molecule has 2 aliphatic rings. The number of nitrogens with zero attached hydrogens (tertiary/aromatic N) is 3. The average Bonchev–Trinajstić information content (AvgIpc) is 3.48. The number of benzene rings is 2. The maximum absolute atomic E-state index is 14.9. The third-order valence-electron chi connectivity index (χ3n) is 8.82. The maximum Gasteiger partial charge on any atom is 0.424 e. The fourth-order valence-electron chi connectivity index (χ4n) is 5.77. The van der Waals surface area contributed by atoms with E-state index >= 15 is 0 Å². The number of nitrogens with one attached hydrogen (secondary N) is 1. The third-order valence-corrected chi connectivity index (χ3v) is 9.82. The van der Waals surface area contributed by atoms with Gasteiger partial charge in [-0.15, -0.1) is 11.3 Å². The number of methoxy groups -OCH3 is 1. The van der Waals surface area contributed by atoms with E-state index in [4.69, 9.17) is 15.2 Å². The van der Waals surface area contributed by atoms with Crippen LogP contribution in [0, 0.1) is 5.82 Å². The van der Waals surface area contributed by atoms with Gasteiger partial charge in [-0.2, -0.15) is 18.3 Å². The molecule has 15 heteroatoms. The number of thiophene rings is 1. The minimum atomic E-state index is -5.36. The number of primary amides is 1. The predicted molar refractivity (Wildman–Crippen MR) is 164 cm³/mol. The molecule has 0 spiro atoms. The van der Waals surface area contributed by atoms with E-state index in [0.717, 1.165) is 30.2 Å². The summed E-state index contributed by atoms with van der Waals surface area (Å²) in [7, 11) is 1.39. The number of hydrogen-bond donors (Lipinski definition) is 3. The van der Waals surface area contributed by atoms with Crippen molar-refractivity contribution in [2.75, 3.05) is 20.3 Å². The van der Waals surface area contributed by atoms with Gasteiger partial charge in [0, 0.05) is 39.0 Å². The van der Waals surface area contributed by atoms with Crippen LogP contribution in [0.15, 0.2) is 48.0 Å². The Bertz CT molecular complexity index is 2110. The number of rotatable bonds is 8. The SMILES string of the molecule is COc1cc(C(=O)NCC(O)(c2cc3c(c(-c4csc5c(F)cccc45)n2)OC[C@]3(C)C(N)=O)C(F)(F)F)cc2cn(C3CC3)nc12. The molecule has 2 aromatic carbocycles. The number of pyridine rings is 1. The largest absolute Gasteiger partial charge is 0.494 e. The lowest BCUT2D eigenvalue weighted by molar-refractivity contribution is -0.265. The smallest absolute Gasteiger partial charge is 0.424 e. The summed E-state index contributed by atoms with van der Waals surface area (Å²) in [5, 5.41) is 20.5. The number of amides is 2. The van der Waals surface area contributed by atoms with Gasteiger partial charge in [-0.3, -0.25) is 14.3 Å². The molecule has 7 rings (SSSR count). The van der Waals surface area contributed by atoms with Gasteiger partial charge in [-0.05, 0) is 44.0 Å². The third kappa shape index (κ3) is 4.87. The van der Waals surface area contributed by atoms with Crippen molar-refractivity contribution in [1.29, 1.82) is 0 Å². The van der Waals surface area contributed by atoms with Crippen LogP contribution in [0.5, 0.6) is 11.5 Å². The van der Waals surface area contributed by atoms with Crippen LogP contribution >= 0.6 is 11.3 Å². The van der Waals surface area contributed by atoms with Gasteiger partial charge in [0.05, 0.1) is 30.1 Å². The summed E-state index contributed by atoms with van der Waals surface area (Å²) in [5.41, 5.74) is -0.0116. The number of aromatic nitrogens is 3. The van der Waals surface area contributed by atoms with Gasteiger partial charge in [0.2, 0.25) is 11.5 Å². The quantitative estimate of drug-likeness (QED) is 0.195. The Kier molecular flexibility index (Phi) is 6.99. The summed E-state index contributed by atoms with van der Waals surface area (Å²) in [4.78, 5) is 30.1. The van der Waals surface area contributed by atoms with E-state index < -0.39 is 47.1 Å². The second-order valence-corrected chi connectivity index (χ2v) is 12.9. The highest BCUT2D eigenvalue weighted by molar-refractivity contribution is 7.17. The molecule has 1 aliphatic carbocycles. The number of ether oxygens (including phenoxy) is 2. The van der Waals surface area contributed by atoms with Gasteiger partial charge in [-0.1, -0.05) is 12.1 Å². The van der Waals surface area contributed by atoms with Crippen LogP contribution < -0.4 is 20.5 Å². The molecule has 4 N–H and O–H groups in total. The molecule has 1 aliphatic heterocycles. The lowest BCUT2D eigenvalue weighted by Gasteiger charge is -2.31. The van der Waals surface area contributed by atoms with Gasteiger partial charge in [0.25, 0.3) is 5.91 Å². The summed E-state index contributed by atoms with van der Waals surface area (Å²) in [5.74, 6) is -2.09. The van der Waals surface area contributed by atoms with Gasteiger partial charge in [0.15, 0.2) is 0 Å². The van der Waals surface area contributed by atoms with Crippen LogP contribution in [0.3, 0.4) is 0 Å². The average molecular weight is 670 g/mol. The molecule has 2 amide bonds. The molecule has 0 radical (unpaired) electrons. The van der Waals surface area contributed by atoms with Gasteiger partial charge in [-0.25, -0.2) is 9.37 Å². The van der Waals surface area contributed by atoms with Crippen LogP contribution in [-0.2, 0) is 15.8 Å². The van der Waals surface area contributed by atoms with Crippen LogP contribution in [-0.4, -0.2) is 58.1 Å². The van der Waals surface area contributed by atoms with Gasteiger partial charge < -0.3 is 25.6 Å². The molecule has 47 heavy (non-hydrogen) atoms. The van der Waals surface area contributed by atoms with E-state index in [9.17, 15) is 32.3 Å². The zero-order chi connectivity index (χ0) is 33.5. The highest BCUT2D eigenvalue weighted by Crippen LogP contribution is 2.49. The Labute approximate surface area is 268 Å². The van der Waals surface area contributed by atoms with E-state index in [0.29, 0.717) is 16.3 Å². The highest BCUT2D eigenvalue weighted by Gasteiger charge is 2.58. The van der Waals surface area contributed by atoms with E-state index in [1.807, 2.05) is 0 Å². The summed E-state index contributed by atoms with van der Waals surface area (Å²) < 4.78 is 72.5. The monoisotopic (exact) mass is 669 g/mol. The maximum atomic E-state index is 14.9. The minimum absolute atomic E-state index is 0.0142. The predicted octanol–water partition coefficient (Wildman–Crippen LogP) is 5.11. The summed E-state index contributed by atoms with van der Waals surface area (Å²) in [6.07, 6.45) is -1.70. The van der Waals surface area contributed by atoms with E-state index in [1.165, 1.54) is 43.7 Å². The summed E-state index contributed by atoms with van der Waals surface area (Å²) in [6.45, 7) is -0.228. The first-order valence-corrected chi connectivity index (χ1v) is 15.4. The van der Waals surface area contributed by atoms with Crippen molar-refractivity contribution in [2.45, 2.75) is 43.0 Å². The number of fused-ring (bicyclic) bond motifs is 3. The summed E-state index contributed by atoms with van der Waals surface area (Å²) in [6, 6.07) is 8.26. The number of nitrogens with two attached hydrogens (primary N) is 1. The molecular formula is C32H27F4N5O5S. The zero-order valence-corrected chi connectivity index (χ0v) is 25.8. The molecule has 1 saturated carbocycles. The first kappa shape index (κ1) is 30.9. The number of hydrogen-bond acceptors (Lipinski definition) is 8. The molecular weight excluding hydrogens is 642 g/mol. The molecule has 3 aromatic heterocycles. The Balaban J connectivity index is 1.31. The standard InChI is InChI=1S/C32H27F4N5O5S/c1-30(29(37)43)14-46-26-20(30)10-23(39-25(26)19-12-47-27-18(19)4-3-5-21(27)33)31(44,32(34,35)36)13-38-28(42)15-8-16-11-41(17-6-7-17)40-24(16)22(9-15)45-2/h3-5,8-12,17,44H,6-7,13-14H2,1-2H3,(H2,37,43)(H,38,42)/t30-,31?/m0/s1. The van der Waals surface area contributed by atoms with Gasteiger partial charge >= 0.3 is 6.18 Å². The Morgan fingerprint density at radius 3 is 2.70 bits per heavy atom. The van der Waals surface area contributed by atoms with Crippen LogP contribution in [0.4, 0.5) is 17.6 Å². The Morgan fingerprint density at radius 2 is 2.02 bits per heavy atom. The second-order valence-electron chi connectivity index (χ2n) is 12.0. The molecule has 0 bridgehead atoms. The lowest BCUT2D eigenvalue weighted by Crippen LogP contribution is -2.51. The molecule has 1 unspecified atom stereocenters. The topological polar surface area (TPSA) is 142 Å². The van der Waals surface area contributed by atoms with Crippen molar-refractivity contribution >= 4 is 44.1 Å². The molecule has 244 valence electrons. The number of aliphatic hydroxyl groups is 1. The number of halogens is 4.